The van der Waals surface area contributed by atoms with Crippen molar-refractivity contribution in [1.29, 1.82) is 5.26 Å². The summed E-state index contributed by atoms with van der Waals surface area (Å²) in [5.41, 5.74) is 2.03. The molecule has 14 nitrogen and oxygen atoms in total. The van der Waals surface area contributed by atoms with Crippen molar-refractivity contribution in [2.24, 2.45) is 28.6 Å². The fourth-order valence-corrected chi connectivity index (χ4v) is 11.9. The lowest BCUT2D eigenvalue weighted by molar-refractivity contribution is -0.174. The average Bonchev–Trinajstić information content (AvgIpc) is 3.80. The molecule has 66 heavy (non-hydrogen) atoms. The van der Waals surface area contributed by atoms with Crippen LogP contribution >= 0.6 is 11.6 Å². The van der Waals surface area contributed by atoms with Gasteiger partial charge in [-0.1, -0.05) is 51.4 Å². The van der Waals surface area contributed by atoms with E-state index >= 15 is 4.39 Å². The first-order chi connectivity index (χ1) is 31.4. The monoisotopic (exact) mass is 944 g/mol. The van der Waals surface area contributed by atoms with E-state index in [4.69, 9.17) is 21.1 Å². The molecule has 354 valence electrons. The molecule has 1 saturated carbocycles. The molecule has 0 radical (unpaired) electrons. The third-order valence-corrected chi connectivity index (χ3v) is 16.2. The molecule has 0 aromatic heterocycles. The zero-order chi connectivity index (χ0) is 47.1. The van der Waals surface area contributed by atoms with Gasteiger partial charge in [0.05, 0.1) is 28.3 Å². The fraction of sp³-hybridized carbons (Fsp3) is 0.531. The lowest BCUT2D eigenvalue weighted by atomic mass is 9.49. The summed E-state index contributed by atoms with van der Waals surface area (Å²) in [5, 5.41) is 23.4. The normalized spacial score (nSPS) is 26.4. The van der Waals surface area contributed by atoms with Gasteiger partial charge in [-0.15, -0.1) is 0 Å². The van der Waals surface area contributed by atoms with Crippen molar-refractivity contribution in [3.8, 4) is 23.3 Å². The Hall–Kier alpha value is -4.76. The number of hydrogen-bond acceptors (Lipinski definition) is 11. The number of aryl methyl sites for hydroxylation is 1. The highest BCUT2D eigenvalue weighted by Crippen LogP contribution is 2.56. The number of carbonyl (C=O) groups is 2. The number of ether oxygens (including phenoxy) is 2. The van der Waals surface area contributed by atoms with Crippen LogP contribution in [0.5, 0.6) is 17.2 Å². The van der Waals surface area contributed by atoms with Gasteiger partial charge in [-0.3, -0.25) is 29.8 Å². The number of nitriles is 1. The number of amides is 2. The van der Waals surface area contributed by atoms with E-state index in [1.54, 1.807) is 74.8 Å². The molecular weight excluding hydrogens is 883 g/mol. The Kier molecular flexibility index (Phi) is 13.8. The lowest BCUT2D eigenvalue weighted by Gasteiger charge is -2.63. The lowest BCUT2D eigenvalue weighted by Crippen LogP contribution is -2.75. The molecule has 4 aliphatic heterocycles. The van der Waals surface area contributed by atoms with Crippen molar-refractivity contribution in [3.63, 3.8) is 0 Å². The molecule has 3 aromatic carbocycles. The Balaban J connectivity index is 0.830. The minimum Gasteiger partial charge on any atom is -0.489 e. The number of fused-ring (bicyclic) bond motifs is 1. The highest BCUT2D eigenvalue weighted by atomic mass is 35.5. The van der Waals surface area contributed by atoms with Crippen LogP contribution in [-0.2, 0) is 26.0 Å². The smallest absolute Gasteiger partial charge is 0.244 e. The molecule has 0 bridgehead atoms. The highest BCUT2D eigenvalue weighted by Gasteiger charge is 2.64. The summed E-state index contributed by atoms with van der Waals surface area (Å²) in [6.07, 6.45) is 5.56. The van der Waals surface area contributed by atoms with E-state index < -0.39 is 21.9 Å². The zero-order valence-electron chi connectivity index (χ0n) is 38.5. The van der Waals surface area contributed by atoms with Crippen LogP contribution in [-0.4, -0.2) is 100 Å². The topological polar surface area (TPSA) is 177 Å². The van der Waals surface area contributed by atoms with Gasteiger partial charge >= 0.3 is 0 Å². The first-order valence-corrected chi connectivity index (χ1v) is 25.1. The van der Waals surface area contributed by atoms with Crippen LogP contribution in [0.15, 0.2) is 60.8 Å². The van der Waals surface area contributed by atoms with Crippen LogP contribution in [0.2, 0.25) is 5.02 Å². The summed E-state index contributed by atoms with van der Waals surface area (Å²) in [6.45, 7) is 13.5. The maximum absolute atomic E-state index is 16.3. The maximum atomic E-state index is 16.3. The standard InChI is InChI=1S/C49H62ClFN8O6S/c1-7-66(62,63)57-33-14-16-39(36(23-33)37-28-58(6)44(61)42-35(37)17-20-53-42)65-40-10-8-9-30(41(40)51)12-11-29-18-21-59(22-19-29)47-54-26-32(27-55-47)43(60)56-45-48(2,3)46(49(45,4)5)64-34-15-13-31(25-52)38(50)24-34/h8-10,13-16,23-24,28-29,32,35,42,45-47,53-55,57H,7,11-12,17-22,26-27H2,1-6H3,(H,56,60). The molecule has 3 aromatic rings. The van der Waals surface area contributed by atoms with Gasteiger partial charge < -0.3 is 25.0 Å². The minimum atomic E-state index is -3.57. The van der Waals surface area contributed by atoms with Crippen molar-refractivity contribution in [2.75, 3.05) is 50.2 Å². The van der Waals surface area contributed by atoms with Gasteiger partial charge in [0.25, 0.3) is 0 Å². The molecule has 2 unspecified atom stereocenters. The van der Waals surface area contributed by atoms with Gasteiger partial charge in [0.2, 0.25) is 21.8 Å². The second kappa shape index (κ2) is 19.1. The summed E-state index contributed by atoms with van der Waals surface area (Å²) in [6, 6.07) is 16.8. The van der Waals surface area contributed by atoms with Gasteiger partial charge in [0.1, 0.15) is 30.0 Å². The number of sulfonamides is 1. The summed E-state index contributed by atoms with van der Waals surface area (Å²) in [4.78, 5) is 30.5. The van der Waals surface area contributed by atoms with Gasteiger partial charge in [-0.05, 0) is 99.0 Å². The molecule has 3 saturated heterocycles. The minimum absolute atomic E-state index is 0.00228. The predicted molar refractivity (Wildman–Crippen MR) is 253 cm³/mol. The van der Waals surface area contributed by atoms with Crippen LogP contribution < -0.4 is 35.5 Å². The number of halogens is 2. The summed E-state index contributed by atoms with van der Waals surface area (Å²) < 4.78 is 56.7. The van der Waals surface area contributed by atoms with Crippen molar-refractivity contribution in [3.05, 3.63) is 88.3 Å². The van der Waals surface area contributed by atoms with Gasteiger partial charge in [-0.2, -0.15) is 5.26 Å². The van der Waals surface area contributed by atoms with Crippen molar-refractivity contribution >= 4 is 44.7 Å². The third kappa shape index (κ3) is 9.66. The number of likely N-dealkylation sites (tertiary alicyclic amines) is 1. The van der Waals surface area contributed by atoms with E-state index in [1.165, 1.54) is 4.90 Å². The van der Waals surface area contributed by atoms with Crippen molar-refractivity contribution < 1.29 is 31.9 Å². The Bertz CT molecular complexity index is 2500. The fourth-order valence-electron chi connectivity index (χ4n) is 11.1. The van der Waals surface area contributed by atoms with E-state index in [0.29, 0.717) is 77.3 Å². The number of nitrogens with zero attached hydrogens (tertiary/aromatic N) is 3. The first-order valence-electron chi connectivity index (χ1n) is 23.1. The van der Waals surface area contributed by atoms with Gasteiger partial charge in [0.15, 0.2) is 11.6 Å². The summed E-state index contributed by atoms with van der Waals surface area (Å²) >= 11 is 6.27. The maximum Gasteiger partial charge on any atom is 0.244 e. The van der Waals surface area contributed by atoms with Crippen molar-refractivity contribution in [2.45, 2.75) is 91.2 Å². The van der Waals surface area contributed by atoms with Crippen molar-refractivity contribution in [1.82, 2.24) is 31.1 Å². The van der Waals surface area contributed by atoms with Crippen LogP contribution in [0.1, 0.15) is 77.0 Å². The Morgan fingerprint density at radius 1 is 1.00 bits per heavy atom. The molecule has 17 heteroatoms. The van der Waals surface area contributed by atoms with E-state index in [2.05, 4.69) is 64.7 Å². The number of nitrogens with one attached hydrogen (secondary N) is 5. The second-order valence-electron chi connectivity index (χ2n) is 19.7. The summed E-state index contributed by atoms with van der Waals surface area (Å²) in [7, 11) is -1.87. The third-order valence-electron chi connectivity index (χ3n) is 14.5. The second-order valence-corrected chi connectivity index (χ2v) is 22.1. The van der Waals surface area contributed by atoms with E-state index in [-0.39, 0.29) is 64.4 Å². The largest absolute Gasteiger partial charge is 0.489 e. The first kappa shape index (κ1) is 47.7. The molecule has 8 rings (SSSR count). The van der Waals surface area contributed by atoms with Crippen LogP contribution in [0.4, 0.5) is 10.1 Å². The highest BCUT2D eigenvalue weighted by molar-refractivity contribution is 7.92. The predicted octanol–water partition coefficient (Wildman–Crippen LogP) is 6.43. The Morgan fingerprint density at radius 3 is 2.41 bits per heavy atom. The molecule has 5 N–H and O–H groups in total. The number of likely N-dealkylation sites (N-methyl/N-ethyl adjacent to an activating group) is 1. The Labute approximate surface area is 393 Å². The summed E-state index contributed by atoms with van der Waals surface area (Å²) in [5.74, 6) is 0.512. The van der Waals surface area contributed by atoms with Gasteiger partial charge in [0, 0.05) is 79.5 Å². The molecular formula is C49H62ClFN8O6S. The SMILES string of the molecule is CCS(=O)(=O)Nc1ccc(Oc2cccc(CCC3CCN(C4NCC(C(=O)NC5C(C)(C)C(Oc6ccc(C#N)c(Cl)c6)C5(C)C)CN4)CC3)c2F)c(C2=CN(C)C(=O)C3NCCC23)c1. The number of hydrogen-bond donors (Lipinski definition) is 5. The van der Waals surface area contributed by atoms with E-state index in [1.807, 2.05) is 0 Å². The molecule has 1 aliphatic carbocycles. The van der Waals surface area contributed by atoms with Gasteiger partial charge in [-0.25, -0.2) is 12.8 Å². The van der Waals surface area contributed by atoms with Crippen LogP contribution in [0, 0.1) is 45.7 Å². The molecule has 4 heterocycles. The Morgan fingerprint density at radius 2 is 1.73 bits per heavy atom. The molecule has 2 atom stereocenters. The molecule has 5 aliphatic rings. The molecule has 0 spiro atoms. The number of anilines is 1. The average molecular weight is 946 g/mol. The van der Waals surface area contributed by atoms with Crippen LogP contribution in [0.3, 0.4) is 0 Å². The van der Waals surface area contributed by atoms with Crippen LogP contribution in [0.25, 0.3) is 5.57 Å². The zero-order valence-corrected chi connectivity index (χ0v) is 40.1. The number of benzene rings is 3. The quantitative estimate of drug-likeness (QED) is 0.120. The number of rotatable bonds is 14. The number of carbonyl (C=O) groups excluding carboxylic acids is 2. The van der Waals surface area contributed by atoms with E-state index in [0.717, 1.165) is 37.9 Å². The molecule has 2 amide bonds. The van der Waals surface area contributed by atoms with E-state index in [9.17, 15) is 23.3 Å². The number of piperidine rings is 1. The molecule has 4 fully saturated rings.